The summed E-state index contributed by atoms with van der Waals surface area (Å²) in [6.07, 6.45) is 2.48. The highest BCUT2D eigenvalue weighted by Crippen LogP contribution is 2.06. The van der Waals surface area contributed by atoms with E-state index in [1.165, 1.54) is 6.20 Å². The van der Waals surface area contributed by atoms with E-state index in [9.17, 15) is 0 Å². The maximum absolute atomic E-state index is 6.83. The molecule has 5 heteroatoms. The van der Waals surface area contributed by atoms with Gasteiger partial charge in [0.15, 0.2) is 0 Å². The number of nitrogens with zero attached hydrogens (tertiary/aromatic N) is 2. The Labute approximate surface area is 62.6 Å². The number of nitrogen functional groups attached to an aromatic ring is 1. The van der Waals surface area contributed by atoms with E-state index in [2.05, 4.69) is 9.97 Å². The maximum atomic E-state index is 6.83. The minimum absolute atomic E-state index is 0.100. The van der Waals surface area contributed by atoms with Crippen LogP contribution in [0, 0.1) is 5.41 Å². The van der Waals surface area contributed by atoms with E-state index in [-0.39, 0.29) is 11.1 Å². The van der Waals surface area contributed by atoms with Crippen molar-refractivity contribution < 1.29 is 0 Å². The van der Waals surface area contributed by atoms with E-state index in [1.54, 1.807) is 0 Å². The molecule has 0 fully saturated rings. The van der Waals surface area contributed by atoms with Gasteiger partial charge in [-0.1, -0.05) is 0 Å². The first kappa shape index (κ1) is 6.95. The van der Waals surface area contributed by atoms with E-state index >= 15 is 0 Å². The molecule has 1 aromatic heterocycles. The average molecular weight is 157 g/mol. The van der Waals surface area contributed by atoms with Gasteiger partial charge >= 0.3 is 0 Å². The van der Waals surface area contributed by atoms with Gasteiger partial charge in [-0.2, -0.15) is 0 Å². The Morgan fingerprint density at radius 3 is 2.90 bits per heavy atom. The summed E-state index contributed by atoms with van der Waals surface area (Å²) in [6, 6.07) is 0. The molecule has 1 aromatic rings. The molecule has 0 radical (unpaired) electrons. The van der Waals surface area contributed by atoms with E-state index in [4.69, 9.17) is 22.7 Å². The number of halogens is 1. The first-order valence-corrected chi connectivity index (χ1v) is 2.90. The molecule has 0 atom stereocenters. The lowest BCUT2D eigenvalue weighted by Crippen LogP contribution is -1.97. The molecule has 1 heterocycles. The first-order valence-electron chi connectivity index (χ1n) is 2.52. The molecule has 0 spiro atoms. The zero-order valence-electron chi connectivity index (χ0n) is 5.00. The van der Waals surface area contributed by atoms with E-state index in [0.29, 0.717) is 5.56 Å². The number of nitrogens with two attached hydrogens (primary N) is 1. The summed E-state index contributed by atoms with van der Waals surface area (Å²) in [5.74, 6) is 0.231. The fourth-order valence-electron chi connectivity index (χ4n) is 0.493. The molecule has 0 aliphatic carbocycles. The van der Waals surface area contributed by atoms with Gasteiger partial charge in [0, 0.05) is 12.4 Å². The molecule has 0 aliphatic rings. The number of hydrogen-bond acceptors (Lipinski definition) is 4. The van der Waals surface area contributed by atoms with Crippen molar-refractivity contribution >= 4 is 23.6 Å². The molecule has 0 amide bonds. The van der Waals surface area contributed by atoms with Crippen molar-refractivity contribution in [3.05, 3.63) is 17.0 Å². The van der Waals surface area contributed by atoms with Crippen molar-refractivity contribution in [2.45, 2.75) is 0 Å². The number of hydrogen-bond donors (Lipinski definition) is 2. The van der Waals surface area contributed by atoms with Gasteiger partial charge in [0.25, 0.3) is 0 Å². The lowest BCUT2D eigenvalue weighted by Gasteiger charge is -1.95. The Bertz CT molecular complexity index is 260. The van der Waals surface area contributed by atoms with Gasteiger partial charge in [0.05, 0.1) is 5.56 Å². The molecule has 0 aliphatic heterocycles. The van der Waals surface area contributed by atoms with E-state index < -0.39 is 0 Å². The number of aromatic nitrogens is 2. The third kappa shape index (κ3) is 1.22. The van der Waals surface area contributed by atoms with Crippen LogP contribution in [0.4, 0.5) is 5.82 Å². The molecule has 0 aromatic carbocycles. The van der Waals surface area contributed by atoms with Crippen LogP contribution in [0.3, 0.4) is 0 Å². The fraction of sp³-hybridized carbons (Fsp3) is 0. The predicted octanol–water partition coefficient (Wildman–Crippen LogP) is 0.710. The van der Waals surface area contributed by atoms with Crippen LogP contribution in [0.25, 0.3) is 0 Å². The zero-order chi connectivity index (χ0) is 7.56. The molecule has 0 bridgehead atoms. The third-order valence-corrected chi connectivity index (χ3v) is 1.16. The summed E-state index contributed by atoms with van der Waals surface area (Å²) >= 11 is 5.40. The highest BCUT2D eigenvalue weighted by atomic mass is 35.5. The Morgan fingerprint density at radius 2 is 2.40 bits per heavy atom. The Balaban J connectivity index is 3.19. The quantitative estimate of drug-likeness (QED) is 0.465. The topological polar surface area (TPSA) is 75.7 Å². The minimum Gasteiger partial charge on any atom is -0.383 e. The molecule has 0 saturated carbocycles. The van der Waals surface area contributed by atoms with Crippen molar-refractivity contribution in [2.24, 2.45) is 0 Å². The Kier molecular flexibility index (Phi) is 1.82. The van der Waals surface area contributed by atoms with Gasteiger partial charge in [-0.25, -0.2) is 9.97 Å². The molecule has 0 unspecified atom stereocenters. The summed E-state index contributed by atoms with van der Waals surface area (Å²) in [5, 5.41) is 6.93. The van der Waals surface area contributed by atoms with Gasteiger partial charge in [0.2, 0.25) is 5.28 Å². The van der Waals surface area contributed by atoms with Crippen LogP contribution < -0.4 is 5.73 Å². The second kappa shape index (κ2) is 2.62. The van der Waals surface area contributed by atoms with E-state index in [0.717, 1.165) is 6.21 Å². The van der Waals surface area contributed by atoms with Gasteiger partial charge in [-0.15, -0.1) is 0 Å². The van der Waals surface area contributed by atoms with Crippen molar-refractivity contribution in [1.82, 2.24) is 9.97 Å². The van der Waals surface area contributed by atoms with Crippen LogP contribution in [0.2, 0.25) is 5.28 Å². The SMILES string of the molecule is N=Cc1cnc(Cl)nc1N. The van der Waals surface area contributed by atoms with Gasteiger partial charge in [-0.05, 0) is 11.6 Å². The Hall–Kier alpha value is -1.16. The maximum Gasteiger partial charge on any atom is 0.224 e. The normalized spacial score (nSPS) is 9.30. The monoisotopic (exact) mass is 156 g/mol. The van der Waals surface area contributed by atoms with Crippen molar-refractivity contribution in [3.63, 3.8) is 0 Å². The highest BCUT2D eigenvalue weighted by molar-refractivity contribution is 6.28. The summed E-state index contributed by atoms with van der Waals surface area (Å²) in [7, 11) is 0. The zero-order valence-corrected chi connectivity index (χ0v) is 5.76. The van der Waals surface area contributed by atoms with Crippen LogP contribution >= 0.6 is 11.6 Å². The Morgan fingerprint density at radius 1 is 1.70 bits per heavy atom. The first-order chi connectivity index (χ1) is 4.74. The molecule has 0 saturated heterocycles. The van der Waals surface area contributed by atoms with Crippen LogP contribution in [0.15, 0.2) is 6.20 Å². The number of rotatable bonds is 1. The summed E-state index contributed by atoms with van der Waals surface area (Å²) in [5.41, 5.74) is 5.82. The van der Waals surface area contributed by atoms with Gasteiger partial charge < -0.3 is 11.1 Å². The molecular formula is C5H5ClN4. The van der Waals surface area contributed by atoms with Crippen LogP contribution in [0.1, 0.15) is 5.56 Å². The van der Waals surface area contributed by atoms with Crippen molar-refractivity contribution in [2.75, 3.05) is 5.73 Å². The van der Waals surface area contributed by atoms with E-state index in [1.807, 2.05) is 0 Å². The van der Waals surface area contributed by atoms with Crippen molar-refractivity contribution in [3.8, 4) is 0 Å². The summed E-state index contributed by atoms with van der Waals surface area (Å²) in [4.78, 5) is 7.26. The molecular weight excluding hydrogens is 152 g/mol. The smallest absolute Gasteiger partial charge is 0.224 e. The van der Waals surface area contributed by atoms with Gasteiger partial charge in [-0.3, -0.25) is 0 Å². The summed E-state index contributed by atoms with van der Waals surface area (Å²) in [6.45, 7) is 0. The lowest BCUT2D eigenvalue weighted by molar-refractivity contribution is 1.17. The van der Waals surface area contributed by atoms with Crippen LogP contribution in [-0.4, -0.2) is 16.2 Å². The second-order valence-electron chi connectivity index (χ2n) is 1.62. The fourth-order valence-corrected chi connectivity index (χ4v) is 0.633. The minimum atomic E-state index is 0.100. The molecule has 52 valence electrons. The third-order valence-electron chi connectivity index (χ3n) is 0.974. The predicted molar refractivity (Wildman–Crippen MR) is 39.3 cm³/mol. The summed E-state index contributed by atoms with van der Waals surface area (Å²) < 4.78 is 0. The highest BCUT2D eigenvalue weighted by Gasteiger charge is 1.97. The molecule has 10 heavy (non-hydrogen) atoms. The second-order valence-corrected chi connectivity index (χ2v) is 1.96. The van der Waals surface area contributed by atoms with Crippen LogP contribution in [0.5, 0.6) is 0 Å². The van der Waals surface area contributed by atoms with Gasteiger partial charge in [0.1, 0.15) is 5.82 Å². The standard InChI is InChI=1S/C5H5ClN4/c6-5-9-2-3(1-7)4(8)10-5/h1-2,7H,(H2,8,9,10). The molecule has 4 nitrogen and oxygen atoms in total. The largest absolute Gasteiger partial charge is 0.383 e. The molecule has 3 N–H and O–H groups in total. The van der Waals surface area contributed by atoms with Crippen molar-refractivity contribution in [1.29, 1.82) is 5.41 Å². The number of nitrogens with one attached hydrogen (secondary N) is 1. The average Bonchev–Trinajstić information content (AvgIpc) is 1.88. The van der Waals surface area contributed by atoms with Crippen LogP contribution in [-0.2, 0) is 0 Å². The lowest BCUT2D eigenvalue weighted by atomic mass is 10.3. The molecule has 1 rings (SSSR count). The number of anilines is 1.